The third kappa shape index (κ3) is 13.0. The predicted octanol–water partition coefficient (Wildman–Crippen LogP) is 5.27. The highest BCUT2D eigenvalue weighted by Crippen LogP contribution is 2.30. The molecule has 1 rings (SSSR count). The number of esters is 3. The highest BCUT2D eigenvalue weighted by Gasteiger charge is 2.26. The number of hydrogen-bond acceptors (Lipinski definition) is 10. The Hall–Kier alpha value is -3.14. The molecule has 0 heterocycles. The zero-order chi connectivity index (χ0) is 29.5. The predicted molar refractivity (Wildman–Crippen MR) is 145 cm³/mol. The average molecular weight is 552 g/mol. The van der Waals surface area contributed by atoms with Crippen LogP contribution in [0.2, 0.25) is 0 Å². The summed E-state index contributed by atoms with van der Waals surface area (Å²) in [4.78, 5) is 49.0. The summed E-state index contributed by atoms with van der Waals surface area (Å²) >= 11 is 0. The van der Waals surface area contributed by atoms with E-state index in [1.54, 1.807) is 26.8 Å². The van der Waals surface area contributed by atoms with Crippen LogP contribution < -0.4 is 15.2 Å². The number of unbranched alkanes of at least 4 members (excludes halogenated alkanes) is 2. The first kappa shape index (κ1) is 33.9. The SMILES string of the molecule is CCCCC(=O)Oc1ccc(C[C@H](N)C(=O)O[C@@H](C)[C@H](C)OC(=O)OC(C)C(C)C)cc1OC(=O)CCCC. The van der Waals surface area contributed by atoms with Crippen LogP contribution in [-0.2, 0) is 35.0 Å². The molecule has 0 aromatic heterocycles. The number of carbonyl (C=O) groups is 4. The van der Waals surface area contributed by atoms with Gasteiger partial charge in [0.05, 0.1) is 0 Å². The number of ether oxygens (including phenoxy) is 5. The van der Waals surface area contributed by atoms with Crippen molar-refractivity contribution < 1.29 is 42.9 Å². The molecule has 0 aliphatic heterocycles. The van der Waals surface area contributed by atoms with Crippen LogP contribution in [0.1, 0.15) is 92.6 Å². The minimum absolute atomic E-state index is 0.0678. The number of nitrogens with two attached hydrogens (primary N) is 1. The largest absolute Gasteiger partial charge is 0.508 e. The van der Waals surface area contributed by atoms with Crippen LogP contribution in [-0.4, -0.2) is 48.4 Å². The molecule has 4 atom stereocenters. The molecule has 0 saturated carbocycles. The normalized spacial score (nSPS) is 14.1. The van der Waals surface area contributed by atoms with Gasteiger partial charge in [-0.1, -0.05) is 46.6 Å². The molecule has 0 saturated heterocycles. The maximum absolute atomic E-state index is 12.6. The van der Waals surface area contributed by atoms with Crippen molar-refractivity contribution in [1.29, 1.82) is 0 Å². The van der Waals surface area contributed by atoms with Gasteiger partial charge >= 0.3 is 24.1 Å². The lowest BCUT2D eigenvalue weighted by Crippen LogP contribution is -2.39. The van der Waals surface area contributed by atoms with E-state index in [2.05, 4.69) is 0 Å². The summed E-state index contributed by atoms with van der Waals surface area (Å²) in [6, 6.07) is 3.64. The van der Waals surface area contributed by atoms with Crippen molar-refractivity contribution in [3.63, 3.8) is 0 Å². The van der Waals surface area contributed by atoms with Gasteiger partial charge in [0, 0.05) is 12.8 Å². The summed E-state index contributed by atoms with van der Waals surface area (Å²) in [5.74, 6) is -1.24. The maximum Gasteiger partial charge on any atom is 0.508 e. The molecule has 0 bridgehead atoms. The third-order valence-electron chi connectivity index (χ3n) is 6.15. The first-order valence-electron chi connectivity index (χ1n) is 13.7. The first-order chi connectivity index (χ1) is 18.4. The molecule has 0 radical (unpaired) electrons. The third-order valence-corrected chi connectivity index (χ3v) is 6.15. The molecule has 39 heavy (non-hydrogen) atoms. The average Bonchev–Trinajstić information content (AvgIpc) is 2.87. The van der Waals surface area contributed by atoms with Gasteiger partial charge in [-0.25, -0.2) is 4.79 Å². The van der Waals surface area contributed by atoms with Crippen molar-refractivity contribution in [2.75, 3.05) is 0 Å². The van der Waals surface area contributed by atoms with Crippen LogP contribution in [0.25, 0.3) is 0 Å². The number of hydrogen-bond donors (Lipinski definition) is 1. The van der Waals surface area contributed by atoms with E-state index in [9.17, 15) is 19.2 Å². The molecule has 0 spiro atoms. The van der Waals surface area contributed by atoms with Crippen LogP contribution in [0.15, 0.2) is 18.2 Å². The van der Waals surface area contributed by atoms with Crippen molar-refractivity contribution in [2.24, 2.45) is 11.7 Å². The quantitative estimate of drug-likeness (QED) is 0.213. The van der Waals surface area contributed by atoms with Crippen LogP contribution in [0, 0.1) is 5.92 Å². The standard InChI is InChI=1S/C29H45NO9/c1-8-10-12-26(31)38-24-15-14-22(17-25(24)39-27(32)13-11-9-2)16-23(30)28(33)35-20(6)21(7)37-29(34)36-19(5)18(3)4/h14-15,17-21,23H,8-13,16,30H2,1-7H3/t19?,20-,21-,23-/m0/s1. The molecule has 220 valence electrons. The van der Waals surface area contributed by atoms with Crippen LogP contribution in [0.5, 0.6) is 11.5 Å². The van der Waals surface area contributed by atoms with Gasteiger partial charge in [0.2, 0.25) is 0 Å². The Morgan fingerprint density at radius 3 is 1.79 bits per heavy atom. The maximum atomic E-state index is 12.6. The van der Waals surface area contributed by atoms with Crippen molar-refractivity contribution >= 4 is 24.1 Å². The van der Waals surface area contributed by atoms with Crippen molar-refractivity contribution in [2.45, 2.75) is 118 Å². The fourth-order valence-electron chi connectivity index (χ4n) is 3.10. The second kappa shape index (κ2) is 17.4. The summed E-state index contributed by atoms with van der Waals surface area (Å²) in [6.45, 7) is 12.7. The molecule has 1 unspecified atom stereocenters. The van der Waals surface area contributed by atoms with E-state index in [4.69, 9.17) is 29.4 Å². The van der Waals surface area contributed by atoms with Gasteiger partial charge in [-0.2, -0.15) is 0 Å². The monoisotopic (exact) mass is 551 g/mol. The molecular weight excluding hydrogens is 506 g/mol. The summed E-state index contributed by atoms with van der Waals surface area (Å²) in [5.41, 5.74) is 6.67. The molecule has 10 heteroatoms. The minimum atomic E-state index is -1.05. The van der Waals surface area contributed by atoms with Gasteiger partial charge in [-0.3, -0.25) is 14.4 Å². The van der Waals surface area contributed by atoms with E-state index in [1.165, 1.54) is 12.1 Å². The fourth-order valence-corrected chi connectivity index (χ4v) is 3.10. The Labute approximate surface area is 231 Å². The van der Waals surface area contributed by atoms with Gasteiger partial charge < -0.3 is 29.4 Å². The second-order valence-electron chi connectivity index (χ2n) is 10.0. The summed E-state index contributed by atoms with van der Waals surface area (Å²) < 4.78 is 26.7. The molecule has 1 aromatic carbocycles. The Morgan fingerprint density at radius 1 is 0.744 bits per heavy atom. The van der Waals surface area contributed by atoms with E-state index in [-0.39, 0.29) is 42.8 Å². The van der Waals surface area contributed by atoms with E-state index in [1.807, 2.05) is 27.7 Å². The highest BCUT2D eigenvalue weighted by molar-refractivity contribution is 5.77. The van der Waals surface area contributed by atoms with E-state index in [0.717, 1.165) is 12.8 Å². The summed E-state index contributed by atoms with van der Waals surface area (Å²) in [7, 11) is 0. The zero-order valence-corrected chi connectivity index (χ0v) is 24.3. The molecule has 1 aromatic rings. The molecule has 0 aliphatic rings. The lowest BCUT2D eigenvalue weighted by atomic mass is 10.1. The smallest absolute Gasteiger partial charge is 0.458 e. The second-order valence-corrected chi connectivity index (χ2v) is 10.0. The van der Waals surface area contributed by atoms with E-state index in [0.29, 0.717) is 18.4 Å². The van der Waals surface area contributed by atoms with Crippen LogP contribution in [0.3, 0.4) is 0 Å². The van der Waals surface area contributed by atoms with Crippen molar-refractivity contribution in [3.8, 4) is 11.5 Å². The summed E-state index contributed by atoms with van der Waals surface area (Å²) in [5, 5.41) is 0. The summed E-state index contributed by atoms with van der Waals surface area (Å²) in [6.07, 6.45) is 0.843. The lowest BCUT2D eigenvalue weighted by molar-refractivity contribution is -0.156. The van der Waals surface area contributed by atoms with E-state index < -0.39 is 42.3 Å². The Balaban J connectivity index is 2.85. The van der Waals surface area contributed by atoms with Crippen molar-refractivity contribution in [1.82, 2.24) is 0 Å². The van der Waals surface area contributed by atoms with Crippen molar-refractivity contribution in [3.05, 3.63) is 23.8 Å². The molecule has 0 aliphatic carbocycles. The van der Waals surface area contributed by atoms with Crippen LogP contribution >= 0.6 is 0 Å². The lowest BCUT2D eigenvalue weighted by Gasteiger charge is -2.23. The molecule has 2 N–H and O–H groups in total. The van der Waals surface area contributed by atoms with Gasteiger partial charge in [0.1, 0.15) is 24.4 Å². The molecule has 10 nitrogen and oxygen atoms in total. The number of carbonyl (C=O) groups excluding carboxylic acids is 4. The van der Waals surface area contributed by atoms with Crippen LogP contribution in [0.4, 0.5) is 4.79 Å². The number of rotatable bonds is 16. The highest BCUT2D eigenvalue weighted by atomic mass is 16.7. The fraction of sp³-hybridized carbons (Fsp3) is 0.655. The molecule has 0 amide bonds. The van der Waals surface area contributed by atoms with Gasteiger partial charge in [-0.15, -0.1) is 0 Å². The Kier molecular flexibility index (Phi) is 15.2. The Bertz CT molecular complexity index is 947. The zero-order valence-electron chi connectivity index (χ0n) is 24.3. The van der Waals surface area contributed by atoms with Gasteiger partial charge in [0.25, 0.3) is 0 Å². The van der Waals surface area contributed by atoms with E-state index >= 15 is 0 Å². The molecular formula is C29H45NO9. The Morgan fingerprint density at radius 2 is 1.26 bits per heavy atom. The first-order valence-corrected chi connectivity index (χ1v) is 13.7. The molecule has 0 fully saturated rings. The number of benzene rings is 1. The topological polar surface area (TPSA) is 140 Å². The minimum Gasteiger partial charge on any atom is -0.458 e. The van der Waals surface area contributed by atoms with Gasteiger partial charge in [-0.05, 0) is 63.6 Å². The van der Waals surface area contributed by atoms with Gasteiger partial charge in [0.15, 0.2) is 11.5 Å².